The van der Waals surface area contributed by atoms with Gasteiger partial charge in [0, 0.05) is 13.1 Å². The SMILES string of the molecule is Cc1noc([C@@H]2CCCCCN2C(=O)NCCc2ccccc2)n1. The van der Waals surface area contributed by atoms with Gasteiger partial charge >= 0.3 is 6.03 Å². The largest absolute Gasteiger partial charge is 0.338 e. The van der Waals surface area contributed by atoms with Crippen LogP contribution >= 0.6 is 0 Å². The number of carbonyl (C=O) groups is 1. The van der Waals surface area contributed by atoms with Crippen molar-refractivity contribution in [1.29, 1.82) is 0 Å². The van der Waals surface area contributed by atoms with Gasteiger partial charge in [-0.3, -0.25) is 0 Å². The van der Waals surface area contributed by atoms with E-state index in [1.807, 2.05) is 23.1 Å². The number of nitrogens with zero attached hydrogens (tertiary/aromatic N) is 3. The van der Waals surface area contributed by atoms with Gasteiger partial charge in [-0.05, 0) is 31.7 Å². The number of aromatic nitrogens is 2. The van der Waals surface area contributed by atoms with Crippen LogP contribution < -0.4 is 5.32 Å². The maximum Gasteiger partial charge on any atom is 0.318 e. The fourth-order valence-corrected chi connectivity index (χ4v) is 3.12. The summed E-state index contributed by atoms with van der Waals surface area (Å²) >= 11 is 0. The number of aryl methyl sites for hydroxylation is 1. The fourth-order valence-electron chi connectivity index (χ4n) is 3.12. The topological polar surface area (TPSA) is 71.3 Å². The molecule has 1 aromatic heterocycles. The highest BCUT2D eigenvalue weighted by Crippen LogP contribution is 2.29. The molecule has 1 fully saturated rings. The molecular formula is C18H24N4O2. The lowest BCUT2D eigenvalue weighted by molar-refractivity contribution is 0.159. The summed E-state index contributed by atoms with van der Waals surface area (Å²) in [5.74, 6) is 1.16. The zero-order valence-electron chi connectivity index (χ0n) is 14.1. The van der Waals surface area contributed by atoms with E-state index in [4.69, 9.17) is 4.52 Å². The molecule has 1 N–H and O–H groups in total. The molecule has 1 aliphatic rings. The average molecular weight is 328 g/mol. The molecular weight excluding hydrogens is 304 g/mol. The molecule has 0 bridgehead atoms. The van der Waals surface area contributed by atoms with Crippen molar-refractivity contribution in [2.75, 3.05) is 13.1 Å². The van der Waals surface area contributed by atoms with Gasteiger partial charge in [0.1, 0.15) is 6.04 Å². The van der Waals surface area contributed by atoms with Crippen LogP contribution in [0.5, 0.6) is 0 Å². The minimum absolute atomic E-state index is 0.0475. The van der Waals surface area contributed by atoms with Crippen LogP contribution in [0.25, 0.3) is 0 Å². The molecule has 0 radical (unpaired) electrons. The van der Waals surface area contributed by atoms with Crippen LogP contribution in [0.3, 0.4) is 0 Å². The first-order chi connectivity index (χ1) is 11.7. The van der Waals surface area contributed by atoms with Crippen molar-refractivity contribution in [2.24, 2.45) is 0 Å². The summed E-state index contributed by atoms with van der Waals surface area (Å²) in [7, 11) is 0. The van der Waals surface area contributed by atoms with Crippen molar-refractivity contribution in [2.45, 2.75) is 45.1 Å². The number of amides is 2. The number of hydrogen-bond acceptors (Lipinski definition) is 4. The number of likely N-dealkylation sites (tertiary alicyclic amines) is 1. The van der Waals surface area contributed by atoms with Gasteiger partial charge in [0.25, 0.3) is 0 Å². The zero-order valence-corrected chi connectivity index (χ0v) is 14.1. The maximum atomic E-state index is 12.7. The second-order valence-corrected chi connectivity index (χ2v) is 6.21. The Morgan fingerprint density at radius 1 is 1.29 bits per heavy atom. The predicted molar refractivity (Wildman–Crippen MR) is 90.5 cm³/mol. The molecule has 128 valence electrons. The smallest absolute Gasteiger partial charge is 0.318 e. The molecule has 1 aliphatic heterocycles. The molecule has 2 heterocycles. The number of urea groups is 1. The Labute approximate surface area is 142 Å². The molecule has 0 unspecified atom stereocenters. The molecule has 6 nitrogen and oxygen atoms in total. The monoisotopic (exact) mass is 328 g/mol. The lowest BCUT2D eigenvalue weighted by Gasteiger charge is -2.27. The highest BCUT2D eigenvalue weighted by atomic mass is 16.5. The van der Waals surface area contributed by atoms with E-state index in [-0.39, 0.29) is 12.1 Å². The van der Waals surface area contributed by atoms with Crippen LogP contribution in [0.1, 0.15) is 49.0 Å². The van der Waals surface area contributed by atoms with E-state index in [9.17, 15) is 4.79 Å². The molecule has 1 aromatic carbocycles. The van der Waals surface area contributed by atoms with Gasteiger partial charge in [-0.15, -0.1) is 0 Å². The molecule has 24 heavy (non-hydrogen) atoms. The first-order valence-electron chi connectivity index (χ1n) is 8.62. The molecule has 3 rings (SSSR count). The molecule has 0 saturated carbocycles. The standard InChI is InChI=1S/C18H24N4O2/c1-14-20-17(24-21-14)16-10-6-3-7-13-22(16)18(23)19-12-11-15-8-4-2-5-9-15/h2,4-5,8-9,16H,3,6-7,10-13H2,1H3,(H,19,23)/t16-/m0/s1. The Kier molecular flexibility index (Phi) is 5.46. The second kappa shape index (κ2) is 7.95. The fraction of sp³-hybridized carbons (Fsp3) is 0.500. The predicted octanol–water partition coefficient (Wildman–Crippen LogP) is 3.25. The van der Waals surface area contributed by atoms with Crippen molar-refractivity contribution in [3.05, 3.63) is 47.6 Å². The summed E-state index contributed by atoms with van der Waals surface area (Å²) in [6.45, 7) is 3.15. The van der Waals surface area contributed by atoms with Gasteiger partial charge < -0.3 is 14.7 Å². The molecule has 0 aliphatic carbocycles. The average Bonchev–Trinajstić information content (AvgIpc) is 2.88. The van der Waals surface area contributed by atoms with Gasteiger partial charge in [-0.25, -0.2) is 4.79 Å². The Balaban J connectivity index is 1.61. The van der Waals surface area contributed by atoms with E-state index in [1.165, 1.54) is 5.56 Å². The summed E-state index contributed by atoms with van der Waals surface area (Å²) in [4.78, 5) is 18.8. The molecule has 1 atom stereocenters. The van der Waals surface area contributed by atoms with Crippen molar-refractivity contribution in [3.8, 4) is 0 Å². The Hall–Kier alpha value is -2.37. The zero-order chi connectivity index (χ0) is 16.8. The van der Waals surface area contributed by atoms with Crippen LogP contribution in [0, 0.1) is 6.92 Å². The molecule has 0 spiro atoms. The number of carbonyl (C=O) groups excluding carboxylic acids is 1. The van der Waals surface area contributed by atoms with Crippen LogP contribution in [0.2, 0.25) is 0 Å². The third kappa shape index (κ3) is 4.13. The summed E-state index contributed by atoms with van der Waals surface area (Å²) in [5, 5.41) is 6.91. The Bertz CT molecular complexity index is 656. The number of nitrogens with one attached hydrogen (secondary N) is 1. The molecule has 6 heteroatoms. The minimum Gasteiger partial charge on any atom is -0.338 e. The third-order valence-corrected chi connectivity index (χ3v) is 4.37. The summed E-state index contributed by atoms with van der Waals surface area (Å²) in [5.41, 5.74) is 1.22. The van der Waals surface area contributed by atoms with E-state index in [0.29, 0.717) is 18.3 Å². The van der Waals surface area contributed by atoms with Crippen LogP contribution in [-0.4, -0.2) is 34.2 Å². The highest BCUT2D eigenvalue weighted by Gasteiger charge is 2.30. The lowest BCUT2D eigenvalue weighted by Crippen LogP contribution is -2.43. The summed E-state index contributed by atoms with van der Waals surface area (Å²) < 4.78 is 5.33. The lowest BCUT2D eigenvalue weighted by atomic mass is 10.1. The third-order valence-electron chi connectivity index (χ3n) is 4.37. The first-order valence-corrected chi connectivity index (χ1v) is 8.62. The van der Waals surface area contributed by atoms with Crippen LogP contribution in [0.15, 0.2) is 34.9 Å². The minimum atomic E-state index is -0.120. The van der Waals surface area contributed by atoms with Crippen LogP contribution in [0.4, 0.5) is 4.79 Å². The number of benzene rings is 1. The van der Waals surface area contributed by atoms with Gasteiger partial charge in [-0.1, -0.05) is 48.3 Å². The van der Waals surface area contributed by atoms with Gasteiger partial charge in [0.15, 0.2) is 5.82 Å². The van der Waals surface area contributed by atoms with E-state index >= 15 is 0 Å². The van der Waals surface area contributed by atoms with Gasteiger partial charge in [0.2, 0.25) is 5.89 Å². The van der Waals surface area contributed by atoms with Gasteiger partial charge in [-0.2, -0.15) is 4.98 Å². The maximum absolute atomic E-state index is 12.7. The van der Waals surface area contributed by atoms with Crippen molar-refractivity contribution in [3.63, 3.8) is 0 Å². The quantitative estimate of drug-likeness (QED) is 0.935. The molecule has 2 aromatic rings. The van der Waals surface area contributed by atoms with E-state index in [2.05, 4.69) is 27.6 Å². The number of hydrogen-bond donors (Lipinski definition) is 1. The number of rotatable bonds is 4. The highest BCUT2D eigenvalue weighted by molar-refractivity contribution is 5.74. The normalized spacial score (nSPS) is 18.2. The first kappa shape index (κ1) is 16.5. The van der Waals surface area contributed by atoms with Crippen molar-refractivity contribution >= 4 is 6.03 Å². The van der Waals surface area contributed by atoms with Crippen molar-refractivity contribution in [1.82, 2.24) is 20.4 Å². The Morgan fingerprint density at radius 2 is 2.12 bits per heavy atom. The Morgan fingerprint density at radius 3 is 2.88 bits per heavy atom. The van der Waals surface area contributed by atoms with Crippen molar-refractivity contribution < 1.29 is 9.32 Å². The summed E-state index contributed by atoms with van der Waals surface area (Å²) in [6.07, 6.45) is 4.89. The summed E-state index contributed by atoms with van der Waals surface area (Å²) in [6, 6.07) is 10.00. The molecule has 1 saturated heterocycles. The molecule has 2 amide bonds. The van der Waals surface area contributed by atoms with Gasteiger partial charge in [0.05, 0.1) is 0 Å². The second-order valence-electron chi connectivity index (χ2n) is 6.21. The van der Waals surface area contributed by atoms with E-state index in [0.717, 1.165) is 38.6 Å². The van der Waals surface area contributed by atoms with E-state index in [1.54, 1.807) is 6.92 Å². The van der Waals surface area contributed by atoms with E-state index < -0.39 is 0 Å². The van der Waals surface area contributed by atoms with Crippen LogP contribution in [-0.2, 0) is 6.42 Å².